The summed E-state index contributed by atoms with van der Waals surface area (Å²) in [7, 11) is 2.01. The summed E-state index contributed by atoms with van der Waals surface area (Å²) in [4.78, 5) is 23.3. The molecule has 2 aromatic heterocycles. The zero-order valence-corrected chi connectivity index (χ0v) is 15.6. The van der Waals surface area contributed by atoms with Gasteiger partial charge in [0.2, 0.25) is 5.91 Å². The van der Waals surface area contributed by atoms with Gasteiger partial charge >= 0.3 is 0 Å². The number of thiophene rings is 1. The minimum absolute atomic E-state index is 0.418. The molecule has 0 saturated heterocycles. The molecule has 2 aromatic carbocycles. The van der Waals surface area contributed by atoms with Crippen LogP contribution in [0.1, 0.15) is 15.9 Å². The number of amides is 1. The Bertz CT molecular complexity index is 1090. The number of carbonyl (C=O) groups excluding carboxylic acids is 1. The molecule has 2 N–H and O–H groups in total. The fraction of sp³-hybridized carbons (Fsp3) is 0.0952. The van der Waals surface area contributed by atoms with Crippen LogP contribution in [-0.4, -0.2) is 22.9 Å². The van der Waals surface area contributed by atoms with Crippen LogP contribution < -0.4 is 10.6 Å². The van der Waals surface area contributed by atoms with Crippen LogP contribution >= 0.6 is 11.3 Å². The third kappa shape index (κ3) is 3.39. The summed E-state index contributed by atoms with van der Waals surface area (Å²) in [6, 6.07) is 17.6. The summed E-state index contributed by atoms with van der Waals surface area (Å²) in [6.07, 6.45) is 1.61. The van der Waals surface area contributed by atoms with E-state index in [0.717, 1.165) is 32.7 Å². The molecule has 27 heavy (non-hydrogen) atoms. The molecule has 4 aromatic rings. The molecule has 0 aliphatic heterocycles. The van der Waals surface area contributed by atoms with Crippen molar-refractivity contribution in [1.82, 2.24) is 9.97 Å². The highest BCUT2D eigenvalue weighted by Gasteiger charge is 2.16. The molecule has 0 saturated carbocycles. The summed E-state index contributed by atoms with van der Waals surface area (Å²) >= 11 is 1.62. The SMILES string of the molecule is CN(Cc1ccc(C(N)=O)cc1)c1ncnc2scc(-c3ccccc3)c12. The van der Waals surface area contributed by atoms with Crippen LogP contribution in [0.5, 0.6) is 0 Å². The number of hydrogen-bond donors (Lipinski definition) is 1. The van der Waals surface area contributed by atoms with Gasteiger partial charge in [-0.05, 0) is 23.3 Å². The second kappa shape index (κ2) is 7.17. The largest absolute Gasteiger partial charge is 0.366 e. The zero-order valence-electron chi connectivity index (χ0n) is 14.8. The Morgan fingerprint density at radius 3 is 2.52 bits per heavy atom. The van der Waals surface area contributed by atoms with Crippen LogP contribution in [0.25, 0.3) is 21.3 Å². The second-order valence-corrected chi connectivity index (χ2v) is 7.17. The van der Waals surface area contributed by atoms with Crippen LogP contribution in [-0.2, 0) is 6.54 Å². The maximum Gasteiger partial charge on any atom is 0.248 e. The molecule has 0 aliphatic carbocycles. The van der Waals surface area contributed by atoms with E-state index in [1.165, 1.54) is 0 Å². The lowest BCUT2D eigenvalue weighted by Gasteiger charge is -2.19. The van der Waals surface area contributed by atoms with Gasteiger partial charge in [0, 0.05) is 30.1 Å². The Morgan fingerprint density at radius 2 is 1.81 bits per heavy atom. The Morgan fingerprint density at radius 1 is 1.07 bits per heavy atom. The summed E-state index contributed by atoms with van der Waals surface area (Å²) in [5.74, 6) is 0.470. The number of benzene rings is 2. The topological polar surface area (TPSA) is 72.1 Å². The molecule has 134 valence electrons. The predicted octanol–water partition coefficient (Wildman–Crippen LogP) is 4.09. The number of carbonyl (C=O) groups is 1. The van der Waals surface area contributed by atoms with Crippen LogP contribution in [0.2, 0.25) is 0 Å². The van der Waals surface area contributed by atoms with Crippen molar-refractivity contribution in [1.29, 1.82) is 0 Å². The quantitative estimate of drug-likeness (QED) is 0.571. The molecule has 4 rings (SSSR count). The number of aromatic nitrogens is 2. The smallest absolute Gasteiger partial charge is 0.248 e. The first kappa shape index (κ1) is 17.2. The number of rotatable bonds is 5. The summed E-state index contributed by atoms with van der Waals surface area (Å²) < 4.78 is 0. The third-order valence-electron chi connectivity index (χ3n) is 4.45. The van der Waals surface area contributed by atoms with E-state index in [1.807, 2.05) is 37.4 Å². The average molecular weight is 374 g/mol. The monoisotopic (exact) mass is 374 g/mol. The summed E-state index contributed by atoms with van der Waals surface area (Å²) in [6.45, 7) is 0.662. The van der Waals surface area contributed by atoms with Crippen LogP contribution in [0, 0.1) is 0 Å². The first-order valence-electron chi connectivity index (χ1n) is 8.51. The lowest BCUT2D eigenvalue weighted by Crippen LogP contribution is -2.18. The summed E-state index contributed by atoms with van der Waals surface area (Å²) in [5.41, 5.74) is 9.19. The molecule has 1 amide bonds. The number of nitrogens with zero attached hydrogens (tertiary/aromatic N) is 3. The van der Waals surface area contributed by atoms with Gasteiger partial charge in [-0.2, -0.15) is 0 Å². The lowest BCUT2D eigenvalue weighted by atomic mass is 10.1. The minimum Gasteiger partial charge on any atom is -0.366 e. The van der Waals surface area contributed by atoms with Gasteiger partial charge in [-0.15, -0.1) is 11.3 Å². The van der Waals surface area contributed by atoms with Gasteiger partial charge in [0.1, 0.15) is 17.0 Å². The van der Waals surface area contributed by atoms with E-state index >= 15 is 0 Å². The lowest BCUT2D eigenvalue weighted by molar-refractivity contribution is 0.100. The number of fused-ring (bicyclic) bond motifs is 1. The van der Waals surface area contributed by atoms with Crippen molar-refractivity contribution in [2.75, 3.05) is 11.9 Å². The molecule has 0 bridgehead atoms. The van der Waals surface area contributed by atoms with E-state index in [0.29, 0.717) is 12.1 Å². The van der Waals surface area contributed by atoms with E-state index in [-0.39, 0.29) is 0 Å². The normalized spacial score (nSPS) is 10.9. The molecule has 0 fully saturated rings. The van der Waals surface area contributed by atoms with Gasteiger partial charge in [0.25, 0.3) is 0 Å². The highest BCUT2D eigenvalue weighted by atomic mass is 32.1. The van der Waals surface area contributed by atoms with Gasteiger partial charge in [0.15, 0.2) is 0 Å². The van der Waals surface area contributed by atoms with Crippen molar-refractivity contribution in [2.24, 2.45) is 5.73 Å². The molecule has 0 atom stereocenters. The summed E-state index contributed by atoms with van der Waals surface area (Å²) in [5, 5.41) is 3.19. The second-order valence-electron chi connectivity index (χ2n) is 6.31. The highest BCUT2D eigenvalue weighted by molar-refractivity contribution is 7.17. The third-order valence-corrected chi connectivity index (χ3v) is 5.34. The van der Waals surface area contributed by atoms with Gasteiger partial charge in [-0.3, -0.25) is 4.79 Å². The molecular formula is C21H18N4OS. The van der Waals surface area contributed by atoms with Crippen molar-refractivity contribution >= 4 is 33.3 Å². The molecule has 5 nitrogen and oxygen atoms in total. The van der Waals surface area contributed by atoms with Crippen molar-refractivity contribution in [3.05, 3.63) is 77.4 Å². The first-order valence-corrected chi connectivity index (χ1v) is 9.39. The Hall–Kier alpha value is -3.25. The molecule has 6 heteroatoms. The minimum atomic E-state index is -0.418. The number of hydrogen-bond acceptors (Lipinski definition) is 5. The van der Waals surface area contributed by atoms with Crippen molar-refractivity contribution < 1.29 is 4.79 Å². The van der Waals surface area contributed by atoms with Crippen LogP contribution in [0.3, 0.4) is 0 Å². The molecule has 2 heterocycles. The molecule has 0 radical (unpaired) electrons. The molecule has 0 aliphatic rings. The maximum atomic E-state index is 11.2. The van der Waals surface area contributed by atoms with Crippen molar-refractivity contribution in [3.63, 3.8) is 0 Å². The van der Waals surface area contributed by atoms with Crippen LogP contribution in [0.4, 0.5) is 5.82 Å². The zero-order chi connectivity index (χ0) is 18.8. The fourth-order valence-corrected chi connectivity index (χ4v) is 4.01. The Kier molecular flexibility index (Phi) is 4.56. The van der Waals surface area contributed by atoms with E-state index in [1.54, 1.807) is 29.8 Å². The molecule has 0 spiro atoms. The van der Waals surface area contributed by atoms with Gasteiger partial charge in [-0.25, -0.2) is 9.97 Å². The Balaban J connectivity index is 1.70. The average Bonchev–Trinajstić information content (AvgIpc) is 3.13. The standard InChI is InChI=1S/C21H18N4OS/c1-25(11-14-7-9-16(10-8-14)19(22)26)20-18-17(15-5-3-2-4-6-15)12-27-21(18)24-13-23-20/h2-10,12-13H,11H2,1H3,(H2,22,26). The van der Waals surface area contributed by atoms with Crippen LogP contribution in [0.15, 0.2) is 66.3 Å². The van der Waals surface area contributed by atoms with Crippen molar-refractivity contribution in [2.45, 2.75) is 6.54 Å². The van der Waals surface area contributed by atoms with E-state index in [9.17, 15) is 4.79 Å². The van der Waals surface area contributed by atoms with Gasteiger partial charge in [-0.1, -0.05) is 42.5 Å². The number of primary amides is 1. The van der Waals surface area contributed by atoms with Crippen molar-refractivity contribution in [3.8, 4) is 11.1 Å². The highest BCUT2D eigenvalue weighted by Crippen LogP contribution is 2.37. The first-order chi connectivity index (χ1) is 13.1. The van der Waals surface area contributed by atoms with E-state index in [2.05, 4.69) is 32.4 Å². The fourth-order valence-electron chi connectivity index (χ4n) is 3.10. The van der Waals surface area contributed by atoms with E-state index < -0.39 is 5.91 Å². The number of anilines is 1. The molecular weight excluding hydrogens is 356 g/mol. The number of nitrogens with two attached hydrogens (primary N) is 1. The van der Waals surface area contributed by atoms with Gasteiger partial charge in [0.05, 0.1) is 5.39 Å². The predicted molar refractivity (Wildman–Crippen MR) is 110 cm³/mol. The molecule has 0 unspecified atom stereocenters. The maximum absolute atomic E-state index is 11.2. The Labute approximate surface area is 161 Å². The van der Waals surface area contributed by atoms with Gasteiger partial charge < -0.3 is 10.6 Å². The van der Waals surface area contributed by atoms with E-state index in [4.69, 9.17) is 5.73 Å².